The average Bonchev–Trinajstić information content (AvgIpc) is 3.08. The van der Waals surface area contributed by atoms with Crippen LogP contribution in [-0.2, 0) is 9.59 Å². The number of hydrogen-bond acceptors (Lipinski definition) is 6. The first kappa shape index (κ1) is 23.7. The summed E-state index contributed by atoms with van der Waals surface area (Å²) < 4.78 is 10.8. The van der Waals surface area contributed by atoms with Gasteiger partial charge in [-0.25, -0.2) is 0 Å². The second-order valence-corrected chi connectivity index (χ2v) is 9.15. The molecule has 0 radical (unpaired) electrons. The summed E-state index contributed by atoms with van der Waals surface area (Å²) in [7, 11) is 3.11. The Kier molecular flexibility index (Phi) is 7.10. The maximum atomic E-state index is 13.4. The van der Waals surface area contributed by atoms with E-state index in [9.17, 15) is 9.59 Å². The molecule has 0 saturated carbocycles. The number of nitrogens with one attached hydrogen (secondary N) is 1. The molecule has 0 aromatic heterocycles. The predicted molar refractivity (Wildman–Crippen MR) is 134 cm³/mol. The Labute approximate surface area is 201 Å². The van der Waals surface area contributed by atoms with Crippen LogP contribution in [-0.4, -0.2) is 50.6 Å². The van der Waals surface area contributed by atoms with Crippen molar-refractivity contribution in [1.82, 2.24) is 4.90 Å². The van der Waals surface area contributed by atoms with Crippen molar-refractivity contribution in [3.8, 4) is 11.5 Å². The van der Waals surface area contributed by atoms with E-state index in [4.69, 9.17) is 9.47 Å². The lowest BCUT2D eigenvalue weighted by molar-refractivity contribution is -0.137. The molecule has 2 amide bonds. The minimum absolute atomic E-state index is 0.155. The summed E-state index contributed by atoms with van der Waals surface area (Å²) in [6.07, 6.45) is 3.71. The minimum atomic E-state index is -0.316. The number of methoxy groups -OCH3 is 2. The van der Waals surface area contributed by atoms with E-state index in [-0.39, 0.29) is 23.4 Å². The number of nitrogens with zero attached hydrogens (tertiary/aromatic N) is 2. The van der Waals surface area contributed by atoms with Crippen molar-refractivity contribution >= 4 is 28.8 Å². The van der Waals surface area contributed by atoms with Crippen molar-refractivity contribution in [1.29, 1.82) is 0 Å². The van der Waals surface area contributed by atoms with Crippen LogP contribution in [0.5, 0.6) is 11.5 Å². The van der Waals surface area contributed by atoms with Gasteiger partial charge in [0.05, 0.1) is 19.8 Å². The normalized spacial score (nSPS) is 16.5. The molecule has 2 heterocycles. The number of carbonyl (C=O) groups is 2. The van der Waals surface area contributed by atoms with Crippen molar-refractivity contribution in [3.63, 3.8) is 0 Å². The molecule has 0 aliphatic carbocycles. The van der Waals surface area contributed by atoms with Gasteiger partial charge in [0.2, 0.25) is 0 Å². The van der Waals surface area contributed by atoms with Crippen molar-refractivity contribution < 1.29 is 19.1 Å². The zero-order valence-corrected chi connectivity index (χ0v) is 20.4. The molecule has 2 aliphatic heterocycles. The third-order valence-electron chi connectivity index (χ3n) is 6.25. The van der Waals surface area contributed by atoms with E-state index < -0.39 is 0 Å². The Balaban J connectivity index is 1.69. The first-order valence-corrected chi connectivity index (χ1v) is 11.9. The highest BCUT2D eigenvalue weighted by atomic mass is 16.5. The average molecular weight is 464 g/mol. The van der Waals surface area contributed by atoms with Crippen LogP contribution in [0.3, 0.4) is 0 Å². The topological polar surface area (TPSA) is 71.1 Å². The maximum Gasteiger partial charge on any atom is 0.278 e. The molecule has 34 heavy (non-hydrogen) atoms. The molecule has 7 nitrogen and oxygen atoms in total. The van der Waals surface area contributed by atoms with Gasteiger partial charge in [-0.05, 0) is 67.1 Å². The third-order valence-corrected chi connectivity index (χ3v) is 6.25. The van der Waals surface area contributed by atoms with Gasteiger partial charge in [0.1, 0.15) is 5.70 Å². The van der Waals surface area contributed by atoms with Gasteiger partial charge in [-0.3, -0.25) is 14.5 Å². The van der Waals surface area contributed by atoms with Gasteiger partial charge in [0.15, 0.2) is 11.5 Å². The van der Waals surface area contributed by atoms with Crippen LogP contribution in [0.25, 0.3) is 5.57 Å². The van der Waals surface area contributed by atoms with E-state index in [0.717, 1.165) is 18.8 Å². The molecule has 0 unspecified atom stereocenters. The Morgan fingerprint density at radius 2 is 1.56 bits per heavy atom. The minimum Gasteiger partial charge on any atom is -0.493 e. The molecule has 2 aliphatic rings. The maximum absolute atomic E-state index is 13.4. The Morgan fingerprint density at radius 3 is 2.18 bits per heavy atom. The van der Waals surface area contributed by atoms with E-state index in [1.165, 1.54) is 29.8 Å². The lowest BCUT2D eigenvalue weighted by Crippen LogP contribution is -2.35. The van der Waals surface area contributed by atoms with Gasteiger partial charge in [-0.2, -0.15) is 0 Å². The summed E-state index contributed by atoms with van der Waals surface area (Å²) in [6, 6.07) is 13.3. The van der Waals surface area contributed by atoms with Crippen LogP contribution in [0.2, 0.25) is 0 Å². The molecule has 0 atom stereocenters. The van der Waals surface area contributed by atoms with Crippen LogP contribution >= 0.6 is 0 Å². The Bertz CT molecular complexity index is 1090. The lowest BCUT2D eigenvalue weighted by atomic mass is 10.0. The second-order valence-electron chi connectivity index (χ2n) is 9.15. The number of ether oxygens (including phenoxy) is 2. The standard InChI is InChI=1S/C27H33N3O4/c1-18(2)17-30-26(31)24(19-8-13-22(33-3)23(16-19)34-4)25(27(30)32)28-20-9-11-21(12-10-20)29-14-6-5-7-15-29/h8-13,16,18,28H,5-7,14-15,17H2,1-4H3. The summed E-state index contributed by atoms with van der Waals surface area (Å²) in [5.41, 5.74) is 3.17. The van der Waals surface area contributed by atoms with E-state index >= 15 is 0 Å². The van der Waals surface area contributed by atoms with E-state index in [1.807, 2.05) is 26.0 Å². The number of imide groups is 1. The molecule has 1 N–H and O–H groups in total. The number of anilines is 2. The van der Waals surface area contributed by atoms with Crippen molar-refractivity contribution in [3.05, 3.63) is 53.7 Å². The quantitative estimate of drug-likeness (QED) is 0.580. The Hall–Kier alpha value is -3.48. The van der Waals surface area contributed by atoms with Crippen LogP contribution in [0.4, 0.5) is 11.4 Å². The zero-order valence-electron chi connectivity index (χ0n) is 20.4. The molecule has 2 aromatic rings. The monoisotopic (exact) mass is 463 g/mol. The number of amides is 2. The van der Waals surface area contributed by atoms with Crippen molar-refractivity contribution in [2.75, 3.05) is 44.1 Å². The molecule has 0 bridgehead atoms. The third kappa shape index (κ3) is 4.74. The van der Waals surface area contributed by atoms with Crippen LogP contribution < -0.4 is 19.7 Å². The fourth-order valence-electron chi connectivity index (χ4n) is 4.53. The highest BCUT2D eigenvalue weighted by molar-refractivity contribution is 6.36. The van der Waals surface area contributed by atoms with Gasteiger partial charge >= 0.3 is 0 Å². The predicted octanol–water partition coefficient (Wildman–Crippen LogP) is 4.54. The smallest absolute Gasteiger partial charge is 0.278 e. The number of carbonyl (C=O) groups excluding carboxylic acids is 2. The fourth-order valence-corrected chi connectivity index (χ4v) is 4.53. The van der Waals surface area contributed by atoms with E-state index in [2.05, 4.69) is 22.3 Å². The first-order valence-electron chi connectivity index (χ1n) is 11.9. The summed E-state index contributed by atoms with van der Waals surface area (Å²) in [6.45, 7) is 6.47. The molecule has 4 rings (SSSR count). The van der Waals surface area contributed by atoms with Crippen LogP contribution in [0.15, 0.2) is 48.2 Å². The molecule has 1 saturated heterocycles. The summed E-state index contributed by atoms with van der Waals surface area (Å²) in [5.74, 6) is 0.593. The van der Waals surface area contributed by atoms with E-state index in [1.54, 1.807) is 32.4 Å². The van der Waals surface area contributed by atoms with Gasteiger partial charge in [0.25, 0.3) is 11.8 Å². The molecular formula is C27H33N3O4. The molecule has 0 spiro atoms. The summed E-state index contributed by atoms with van der Waals surface area (Å²) in [5, 5.41) is 3.25. The molecule has 180 valence electrons. The first-order chi connectivity index (χ1) is 16.4. The lowest BCUT2D eigenvalue weighted by Gasteiger charge is -2.28. The highest BCUT2D eigenvalue weighted by Gasteiger charge is 2.39. The number of rotatable bonds is 8. The Morgan fingerprint density at radius 1 is 0.882 bits per heavy atom. The van der Waals surface area contributed by atoms with E-state index in [0.29, 0.717) is 29.2 Å². The number of benzene rings is 2. The van der Waals surface area contributed by atoms with Gasteiger partial charge < -0.3 is 19.7 Å². The zero-order chi connectivity index (χ0) is 24.2. The molecule has 2 aromatic carbocycles. The van der Waals surface area contributed by atoms with Gasteiger partial charge in [0, 0.05) is 31.0 Å². The summed E-state index contributed by atoms with van der Waals surface area (Å²) in [4.78, 5) is 30.5. The highest BCUT2D eigenvalue weighted by Crippen LogP contribution is 2.36. The molecule has 7 heteroatoms. The second kappa shape index (κ2) is 10.2. The fraction of sp³-hybridized carbons (Fsp3) is 0.407. The number of piperidine rings is 1. The van der Waals surface area contributed by atoms with Gasteiger partial charge in [-0.1, -0.05) is 19.9 Å². The SMILES string of the molecule is COc1ccc(C2=C(Nc3ccc(N4CCCCC4)cc3)C(=O)N(CC(C)C)C2=O)cc1OC. The number of hydrogen-bond donors (Lipinski definition) is 1. The van der Waals surface area contributed by atoms with Crippen molar-refractivity contribution in [2.45, 2.75) is 33.1 Å². The molecule has 1 fully saturated rings. The van der Waals surface area contributed by atoms with Crippen LogP contribution in [0.1, 0.15) is 38.7 Å². The molecular weight excluding hydrogens is 430 g/mol. The largest absolute Gasteiger partial charge is 0.493 e. The van der Waals surface area contributed by atoms with Gasteiger partial charge in [-0.15, -0.1) is 0 Å². The van der Waals surface area contributed by atoms with Crippen LogP contribution in [0, 0.1) is 5.92 Å². The summed E-state index contributed by atoms with van der Waals surface area (Å²) >= 11 is 0. The van der Waals surface area contributed by atoms with Crippen molar-refractivity contribution in [2.24, 2.45) is 5.92 Å².